The van der Waals surface area contributed by atoms with Crippen LogP contribution in [0.1, 0.15) is 15.9 Å². The molecule has 0 N–H and O–H groups in total. The first-order valence-electron chi connectivity index (χ1n) is 4.82. The Bertz CT molecular complexity index is 544. The van der Waals surface area contributed by atoms with E-state index in [2.05, 4.69) is 0 Å². The molecule has 0 bridgehead atoms. The van der Waals surface area contributed by atoms with Gasteiger partial charge in [-0.2, -0.15) is 0 Å². The molecule has 0 aliphatic heterocycles. The van der Waals surface area contributed by atoms with Gasteiger partial charge in [-0.1, -0.05) is 23.2 Å². The maximum Gasteiger partial charge on any atom is 0.193 e. The van der Waals surface area contributed by atoms with Crippen LogP contribution in [0.15, 0.2) is 42.5 Å². The smallest absolute Gasteiger partial charge is 0.193 e. The van der Waals surface area contributed by atoms with Gasteiger partial charge in [0.25, 0.3) is 0 Å². The molecule has 0 aromatic heterocycles. The zero-order valence-electron chi connectivity index (χ0n) is 8.58. The van der Waals surface area contributed by atoms with Gasteiger partial charge in [0, 0.05) is 21.2 Å². The molecule has 0 heterocycles. The van der Waals surface area contributed by atoms with Crippen LogP contribution in [0, 0.1) is 5.82 Å². The van der Waals surface area contributed by atoms with Gasteiger partial charge in [-0.05, 0) is 42.5 Å². The van der Waals surface area contributed by atoms with Crippen molar-refractivity contribution in [3.8, 4) is 0 Å². The van der Waals surface area contributed by atoms with Gasteiger partial charge in [-0.25, -0.2) is 4.39 Å². The van der Waals surface area contributed by atoms with Crippen LogP contribution in [0.25, 0.3) is 0 Å². The second kappa shape index (κ2) is 4.86. The summed E-state index contributed by atoms with van der Waals surface area (Å²) in [6.45, 7) is 0. The summed E-state index contributed by atoms with van der Waals surface area (Å²) in [5.41, 5.74) is 0.661. The Morgan fingerprint density at radius 2 is 1.53 bits per heavy atom. The van der Waals surface area contributed by atoms with Crippen molar-refractivity contribution in [1.29, 1.82) is 0 Å². The van der Waals surface area contributed by atoms with Crippen molar-refractivity contribution in [2.45, 2.75) is 0 Å². The van der Waals surface area contributed by atoms with Crippen molar-refractivity contribution in [3.63, 3.8) is 0 Å². The van der Waals surface area contributed by atoms with Crippen LogP contribution < -0.4 is 0 Å². The summed E-state index contributed by atoms with van der Waals surface area (Å²) in [5, 5.41) is 0.737. The van der Waals surface area contributed by atoms with Gasteiger partial charge in [0.05, 0.1) is 0 Å². The molecule has 0 aliphatic rings. The predicted octanol–water partition coefficient (Wildman–Crippen LogP) is 4.36. The van der Waals surface area contributed by atoms with Gasteiger partial charge in [-0.3, -0.25) is 4.79 Å². The lowest BCUT2D eigenvalue weighted by atomic mass is 10.0. The fourth-order valence-corrected chi connectivity index (χ4v) is 1.80. The van der Waals surface area contributed by atoms with Crippen molar-refractivity contribution in [1.82, 2.24) is 0 Å². The topological polar surface area (TPSA) is 17.1 Å². The summed E-state index contributed by atoms with van der Waals surface area (Å²) < 4.78 is 13.1. The number of carbonyl (C=O) groups excluding carboxylic acids is 1. The highest BCUT2D eigenvalue weighted by Gasteiger charge is 2.10. The summed E-state index contributed by atoms with van der Waals surface area (Å²) in [7, 11) is 0. The second-order valence-electron chi connectivity index (χ2n) is 3.49. The summed E-state index contributed by atoms with van der Waals surface area (Å²) in [4.78, 5) is 12.0. The largest absolute Gasteiger partial charge is 0.289 e. The van der Waals surface area contributed by atoms with E-state index in [4.69, 9.17) is 23.2 Å². The number of hydrogen-bond donors (Lipinski definition) is 0. The minimum atomic E-state index is -0.533. The van der Waals surface area contributed by atoms with Crippen LogP contribution in [0.3, 0.4) is 0 Å². The van der Waals surface area contributed by atoms with E-state index in [0.717, 1.165) is 12.1 Å². The summed E-state index contributed by atoms with van der Waals surface area (Å²) in [6, 6.07) is 10.1. The third-order valence-corrected chi connectivity index (χ3v) is 2.70. The van der Waals surface area contributed by atoms with E-state index in [1.165, 1.54) is 6.07 Å². The van der Waals surface area contributed by atoms with Gasteiger partial charge in [0.1, 0.15) is 5.82 Å². The van der Waals surface area contributed by atoms with Crippen LogP contribution in [0.2, 0.25) is 10.0 Å². The van der Waals surface area contributed by atoms with E-state index in [0.29, 0.717) is 10.6 Å². The minimum absolute atomic E-state index is 0.197. The number of hydrogen-bond acceptors (Lipinski definition) is 1. The molecule has 0 radical (unpaired) electrons. The molecule has 17 heavy (non-hydrogen) atoms. The summed E-state index contributed by atoms with van der Waals surface area (Å²) in [5.74, 6) is -0.821. The Kier molecular flexibility index (Phi) is 3.46. The molecule has 2 rings (SSSR count). The van der Waals surface area contributed by atoms with E-state index in [-0.39, 0.29) is 16.4 Å². The average Bonchev–Trinajstić information content (AvgIpc) is 2.28. The number of halogens is 3. The predicted molar refractivity (Wildman–Crippen MR) is 66.3 cm³/mol. The highest BCUT2D eigenvalue weighted by Crippen LogP contribution is 2.18. The lowest BCUT2D eigenvalue weighted by Gasteiger charge is -2.02. The molecule has 2 aromatic carbocycles. The summed E-state index contributed by atoms with van der Waals surface area (Å²) in [6.07, 6.45) is 0. The van der Waals surface area contributed by atoms with Crippen molar-refractivity contribution in [2.24, 2.45) is 0 Å². The van der Waals surface area contributed by atoms with Gasteiger partial charge < -0.3 is 0 Å². The number of ketones is 1. The molecule has 0 spiro atoms. The quantitative estimate of drug-likeness (QED) is 0.740. The van der Waals surface area contributed by atoms with Crippen molar-refractivity contribution in [2.75, 3.05) is 0 Å². The molecule has 0 fully saturated rings. The third kappa shape index (κ3) is 2.84. The first-order valence-corrected chi connectivity index (χ1v) is 5.58. The number of benzene rings is 2. The van der Waals surface area contributed by atoms with Crippen molar-refractivity contribution < 1.29 is 9.18 Å². The molecule has 86 valence electrons. The Labute approximate surface area is 108 Å². The van der Waals surface area contributed by atoms with E-state index >= 15 is 0 Å². The summed E-state index contributed by atoms with van der Waals surface area (Å²) >= 11 is 11.4. The molecule has 0 aliphatic carbocycles. The van der Waals surface area contributed by atoms with Gasteiger partial charge in [-0.15, -0.1) is 0 Å². The third-order valence-electron chi connectivity index (χ3n) is 2.23. The van der Waals surface area contributed by atoms with Gasteiger partial charge in [0.2, 0.25) is 0 Å². The standard InChI is InChI=1S/C13H7Cl2FO/c14-10-3-1-8(2-4-10)13(17)9-5-11(15)7-12(16)6-9/h1-7H. The van der Waals surface area contributed by atoms with Crippen LogP contribution >= 0.6 is 23.2 Å². The Hall–Kier alpha value is -1.38. The highest BCUT2D eigenvalue weighted by molar-refractivity contribution is 6.31. The van der Waals surface area contributed by atoms with Crippen LogP contribution in [-0.4, -0.2) is 5.78 Å². The Balaban J connectivity index is 2.40. The van der Waals surface area contributed by atoms with Crippen LogP contribution in [0.5, 0.6) is 0 Å². The second-order valence-corrected chi connectivity index (χ2v) is 4.37. The molecular formula is C13H7Cl2FO. The number of rotatable bonds is 2. The first-order chi connectivity index (χ1) is 8.06. The maximum atomic E-state index is 13.1. The van der Waals surface area contributed by atoms with Crippen LogP contribution in [0.4, 0.5) is 4.39 Å². The van der Waals surface area contributed by atoms with E-state index in [9.17, 15) is 9.18 Å². The fraction of sp³-hybridized carbons (Fsp3) is 0. The molecule has 0 saturated carbocycles. The number of carbonyl (C=O) groups is 1. The lowest BCUT2D eigenvalue weighted by Crippen LogP contribution is -2.01. The Morgan fingerprint density at radius 1 is 0.882 bits per heavy atom. The average molecular weight is 269 g/mol. The van der Waals surface area contributed by atoms with Crippen molar-refractivity contribution >= 4 is 29.0 Å². The normalized spacial score (nSPS) is 10.3. The molecular weight excluding hydrogens is 262 g/mol. The lowest BCUT2D eigenvalue weighted by molar-refractivity contribution is 0.103. The zero-order chi connectivity index (χ0) is 12.4. The molecule has 1 nitrogen and oxygen atoms in total. The fourth-order valence-electron chi connectivity index (χ4n) is 1.45. The monoisotopic (exact) mass is 268 g/mol. The molecule has 2 aromatic rings. The van der Waals surface area contributed by atoms with E-state index in [1.807, 2.05) is 0 Å². The first kappa shape index (κ1) is 12.1. The Morgan fingerprint density at radius 3 is 2.12 bits per heavy atom. The zero-order valence-corrected chi connectivity index (χ0v) is 10.1. The molecule has 0 unspecified atom stereocenters. The van der Waals surface area contributed by atoms with Gasteiger partial charge in [0.15, 0.2) is 5.78 Å². The SMILES string of the molecule is O=C(c1ccc(Cl)cc1)c1cc(F)cc(Cl)c1. The van der Waals surface area contributed by atoms with Gasteiger partial charge >= 0.3 is 0 Å². The maximum absolute atomic E-state index is 13.1. The highest BCUT2D eigenvalue weighted by atomic mass is 35.5. The van der Waals surface area contributed by atoms with E-state index in [1.54, 1.807) is 24.3 Å². The molecule has 0 atom stereocenters. The van der Waals surface area contributed by atoms with Crippen LogP contribution in [-0.2, 0) is 0 Å². The molecule has 0 amide bonds. The van der Waals surface area contributed by atoms with E-state index < -0.39 is 5.82 Å². The molecule has 4 heteroatoms. The minimum Gasteiger partial charge on any atom is -0.289 e. The van der Waals surface area contributed by atoms with Crippen molar-refractivity contribution in [3.05, 3.63) is 69.5 Å². The molecule has 0 saturated heterocycles.